The minimum absolute atomic E-state index is 0.00363. The van der Waals surface area contributed by atoms with Crippen LogP contribution in [-0.2, 0) is 11.2 Å². The van der Waals surface area contributed by atoms with E-state index in [1.165, 1.54) is 4.88 Å². The number of fused-ring (bicyclic) bond motifs is 1. The van der Waals surface area contributed by atoms with E-state index >= 15 is 0 Å². The van der Waals surface area contributed by atoms with E-state index in [0.29, 0.717) is 25.9 Å². The van der Waals surface area contributed by atoms with Crippen LogP contribution >= 0.6 is 11.3 Å². The number of piperidine rings is 1. The molecule has 0 bridgehead atoms. The summed E-state index contributed by atoms with van der Waals surface area (Å²) in [7, 11) is 0. The topological polar surface area (TPSA) is 61.4 Å². The van der Waals surface area contributed by atoms with Crippen LogP contribution in [0.25, 0.3) is 0 Å². The Balaban J connectivity index is 1.51. The van der Waals surface area contributed by atoms with E-state index in [-0.39, 0.29) is 11.8 Å². The highest BCUT2D eigenvalue weighted by atomic mass is 32.1. The molecule has 1 spiro atoms. The van der Waals surface area contributed by atoms with Crippen molar-refractivity contribution in [3.8, 4) is 0 Å². The molecular formula is C20H23N3O2S. The van der Waals surface area contributed by atoms with E-state index in [1.807, 2.05) is 34.5 Å². The summed E-state index contributed by atoms with van der Waals surface area (Å²) in [5.41, 5.74) is 3.14. The molecule has 4 rings (SSSR count). The van der Waals surface area contributed by atoms with Crippen LogP contribution in [-0.4, -0.2) is 35.3 Å². The van der Waals surface area contributed by atoms with Crippen LogP contribution < -0.4 is 10.6 Å². The second kappa shape index (κ2) is 6.43. The largest absolute Gasteiger partial charge is 0.369 e. The molecule has 0 unspecified atom stereocenters. The fourth-order valence-corrected chi connectivity index (χ4v) is 4.90. The quantitative estimate of drug-likeness (QED) is 0.849. The Morgan fingerprint density at radius 2 is 1.92 bits per heavy atom. The van der Waals surface area contributed by atoms with Gasteiger partial charge in [0.25, 0.3) is 5.91 Å². The Hall–Kier alpha value is -2.34. The molecule has 0 atom stereocenters. The number of aryl methyl sites for hydroxylation is 1. The van der Waals surface area contributed by atoms with E-state index in [2.05, 4.69) is 24.5 Å². The molecule has 26 heavy (non-hydrogen) atoms. The molecule has 2 N–H and O–H groups in total. The lowest BCUT2D eigenvalue weighted by Crippen LogP contribution is -2.59. The lowest BCUT2D eigenvalue weighted by Gasteiger charge is -2.44. The number of benzene rings is 1. The number of para-hydroxylation sites is 2. The third kappa shape index (κ3) is 2.69. The van der Waals surface area contributed by atoms with Crippen molar-refractivity contribution in [3.63, 3.8) is 0 Å². The van der Waals surface area contributed by atoms with E-state index in [0.717, 1.165) is 28.9 Å². The summed E-state index contributed by atoms with van der Waals surface area (Å²) in [4.78, 5) is 28.8. The monoisotopic (exact) mass is 369 g/mol. The smallest absolute Gasteiger partial charge is 0.254 e. The van der Waals surface area contributed by atoms with Gasteiger partial charge in [0.2, 0.25) is 5.91 Å². The number of likely N-dealkylation sites (tertiary alicyclic amines) is 1. The van der Waals surface area contributed by atoms with Gasteiger partial charge in [-0.2, -0.15) is 0 Å². The first-order valence-electron chi connectivity index (χ1n) is 9.09. The fourth-order valence-electron chi connectivity index (χ4n) is 3.97. The normalized spacial score (nSPS) is 18.2. The number of amides is 2. The molecule has 1 saturated heterocycles. The molecule has 0 aliphatic carbocycles. The fraction of sp³-hybridized carbons (Fsp3) is 0.400. The zero-order valence-corrected chi connectivity index (χ0v) is 15.9. The molecule has 136 valence electrons. The Morgan fingerprint density at radius 3 is 2.62 bits per heavy atom. The summed E-state index contributed by atoms with van der Waals surface area (Å²) in [5, 5.41) is 8.43. The van der Waals surface area contributed by atoms with Crippen molar-refractivity contribution in [3.05, 3.63) is 45.6 Å². The third-order valence-corrected chi connectivity index (χ3v) is 6.53. The summed E-state index contributed by atoms with van der Waals surface area (Å²) in [6.45, 7) is 5.32. The predicted molar refractivity (Wildman–Crippen MR) is 105 cm³/mol. The molecule has 5 nitrogen and oxygen atoms in total. The highest BCUT2D eigenvalue weighted by Crippen LogP contribution is 2.36. The maximum absolute atomic E-state index is 13.0. The average Bonchev–Trinajstić information content (AvgIpc) is 3.03. The third-order valence-electron chi connectivity index (χ3n) is 5.58. The van der Waals surface area contributed by atoms with Crippen molar-refractivity contribution in [2.24, 2.45) is 0 Å². The summed E-state index contributed by atoms with van der Waals surface area (Å²) in [5.74, 6) is 0.0987. The first-order valence-corrected chi connectivity index (χ1v) is 9.97. The molecule has 1 aromatic carbocycles. The highest BCUT2D eigenvalue weighted by Gasteiger charge is 2.45. The van der Waals surface area contributed by atoms with Gasteiger partial charge in [0.05, 0.1) is 16.9 Å². The first-order chi connectivity index (χ1) is 12.5. The molecule has 6 heteroatoms. The standard InChI is InChI=1S/C20H23N3O2S/c1-3-14-13(2)26-12-15(14)18(24)23-10-8-20(9-11-23)19(25)21-16-6-4-5-7-17(16)22-20/h4-7,12,22H,3,8-11H2,1-2H3,(H,21,25). The van der Waals surface area contributed by atoms with Crippen molar-refractivity contribution in [1.82, 2.24) is 4.90 Å². The molecule has 2 amide bonds. The van der Waals surface area contributed by atoms with Gasteiger partial charge in [-0.3, -0.25) is 9.59 Å². The van der Waals surface area contributed by atoms with Gasteiger partial charge in [-0.25, -0.2) is 0 Å². The van der Waals surface area contributed by atoms with E-state index in [1.54, 1.807) is 11.3 Å². The van der Waals surface area contributed by atoms with Gasteiger partial charge in [-0.15, -0.1) is 11.3 Å². The van der Waals surface area contributed by atoms with Gasteiger partial charge in [0, 0.05) is 23.3 Å². The van der Waals surface area contributed by atoms with Crippen molar-refractivity contribution >= 4 is 34.5 Å². The minimum Gasteiger partial charge on any atom is -0.369 e. The van der Waals surface area contributed by atoms with Gasteiger partial charge in [-0.05, 0) is 43.9 Å². The Kier molecular flexibility index (Phi) is 4.23. The van der Waals surface area contributed by atoms with Gasteiger partial charge < -0.3 is 15.5 Å². The van der Waals surface area contributed by atoms with Crippen LogP contribution in [0.1, 0.15) is 40.6 Å². The molecule has 0 radical (unpaired) electrons. The number of rotatable bonds is 2. The SMILES string of the molecule is CCc1c(C(=O)N2CCC3(CC2)Nc2ccccc2NC3=O)csc1C. The number of thiophene rings is 1. The van der Waals surface area contributed by atoms with Gasteiger partial charge in [0.1, 0.15) is 5.54 Å². The summed E-state index contributed by atoms with van der Waals surface area (Å²) in [6, 6.07) is 7.75. The Labute approximate surface area is 157 Å². The number of hydrogen-bond acceptors (Lipinski definition) is 4. The van der Waals surface area contributed by atoms with Gasteiger partial charge >= 0.3 is 0 Å². The van der Waals surface area contributed by atoms with Crippen LogP contribution in [0.5, 0.6) is 0 Å². The van der Waals surface area contributed by atoms with Crippen LogP contribution in [0.3, 0.4) is 0 Å². The lowest BCUT2D eigenvalue weighted by atomic mass is 9.84. The van der Waals surface area contributed by atoms with Gasteiger partial charge in [-0.1, -0.05) is 19.1 Å². The number of hydrogen-bond donors (Lipinski definition) is 2. The summed E-state index contributed by atoms with van der Waals surface area (Å²) < 4.78 is 0. The second-order valence-electron chi connectivity index (χ2n) is 7.04. The number of carbonyl (C=O) groups is 2. The van der Waals surface area contributed by atoms with Crippen molar-refractivity contribution in [1.29, 1.82) is 0 Å². The summed E-state index contributed by atoms with van der Waals surface area (Å²) in [6.07, 6.45) is 2.10. The van der Waals surface area contributed by atoms with Crippen molar-refractivity contribution in [2.75, 3.05) is 23.7 Å². The Morgan fingerprint density at radius 1 is 1.23 bits per heavy atom. The maximum atomic E-state index is 13.0. The molecule has 1 fully saturated rings. The number of nitrogens with zero attached hydrogens (tertiary/aromatic N) is 1. The molecule has 2 aromatic rings. The van der Waals surface area contributed by atoms with E-state index in [9.17, 15) is 9.59 Å². The van der Waals surface area contributed by atoms with Crippen LogP contribution in [0, 0.1) is 6.92 Å². The maximum Gasteiger partial charge on any atom is 0.254 e. The van der Waals surface area contributed by atoms with Crippen LogP contribution in [0.2, 0.25) is 0 Å². The molecule has 2 aliphatic rings. The van der Waals surface area contributed by atoms with E-state index in [4.69, 9.17) is 0 Å². The zero-order valence-electron chi connectivity index (χ0n) is 15.1. The molecule has 1 aromatic heterocycles. The molecule has 0 saturated carbocycles. The molecular weight excluding hydrogens is 346 g/mol. The number of anilines is 2. The Bertz CT molecular complexity index is 866. The summed E-state index contributed by atoms with van der Waals surface area (Å²) >= 11 is 1.64. The first kappa shape index (κ1) is 17.1. The average molecular weight is 369 g/mol. The predicted octanol–water partition coefficient (Wildman–Crippen LogP) is 3.66. The number of nitrogens with one attached hydrogen (secondary N) is 2. The number of carbonyl (C=O) groups excluding carboxylic acids is 2. The van der Waals surface area contributed by atoms with Crippen molar-refractivity contribution < 1.29 is 9.59 Å². The molecule has 3 heterocycles. The lowest BCUT2D eigenvalue weighted by molar-refractivity contribution is -0.122. The second-order valence-corrected chi connectivity index (χ2v) is 8.12. The molecule has 2 aliphatic heterocycles. The van der Waals surface area contributed by atoms with E-state index < -0.39 is 5.54 Å². The highest BCUT2D eigenvalue weighted by molar-refractivity contribution is 7.10. The van der Waals surface area contributed by atoms with Crippen molar-refractivity contribution in [2.45, 2.75) is 38.6 Å². The minimum atomic E-state index is -0.622. The zero-order chi connectivity index (χ0) is 18.3. The van der Waals surface area contributed by atoms with Gasteiger partial charge in [0.15, 0.2) is 0 Å². The van der Waals surface area contributed by atoms with Crippen LogP contribution in [0.4, 0.5) is 11.4 Å². The van der Waals surface area contributed by atoms with Crippen LogP contribution in [0.15, 0.2) is 29.6 Å².